The number of rotatable bonds is 2. The summed E-state index contributed by atoms with van der Waals surface area (Å²) in [6.45, 7) is 5.52. The van der Waals surface area contributed by atoms with Crippen LogP contribution >= 0.6 is 0 Å². The van der Waals surface area contributed by atoms with Gasteiger partial charge in [0.15, 0.2) is 0 Å². The van der Waals surface area contributed by atoms with Crippen LogP contribution in [0.1, 0.15) is 40.0 Å². The molecule has 1 aliphatic carbocycles. The fourth-order valence-corrected chi connectivity index (χ4v) is 3.28. The lowest BCUT2D eigenvalue weighted by Crippen LogP contribution is -2.49. The van der Waals surface area contributed by atoms with Gasteiger partial charge in [-0.15, -0.1) is 0 Å². The molecule has 0 N–H and O–H groups in total. The van der Waals surface area contributed by atoms with Gasteiger partial charge < -0.3 is 13.8 Å². The molecule has 0 saturated carbocycles. The quantitative estimate of drug-likeness (QED) is 0.551. The molecule has 6 nitrogen and oxygen atoms in total. The van der Waals surface area contributed by atoms with E-state index in [2.05, 4.69) is 4.18 Å². The van der Waals surface area contributed by atoms with E-state index in [1.165, 1.54) is 11.0 Å². The highest BCUT2D eigenvalue weighted by Gasteiger charge is 2.49. The van der Waals surface area contributed by atoms with Crippen LogP contribution in [-0.4, -0.2) is 43.1 Å². The Morgan fingerprint density at radius 3 is 2.46 bits per heavy atom. The second kappa shape index (κ2) is 6.12. The number of ether oxygens (including phenoxy) is 1. The number of nitrogens with zero attached hydrogens (tertiary/aromatic N) is 1. The van der Waals surface area contributed by atoms with Gasteiger partial charge in [0.1, 0.15) is 11.4 Å². The molecular formula is C14H20F3NO5S. The van der Waals surface area contributed by atoms with Crippen LogP contribution in [0.25, 0.3) is 0 Å². The van der Waals surface area contributed by atoms with Gasteiger partial charge >= 0.3 is 21.7 Å². The summed E-state index contributed by atoms with van der Waals surface area (Å²) >= 11 is 0. The first kappa shape index (κ1) is 18.9. The third-order valence-corrected chi connectivity index (χ3v) is 4.75. The summed E-state index contributed by atoms with van der Waals surface area (Å²) in [5, 5.41) is 0. The van der Waals surface area contributed by atoms with Crippen LogP contribution in [0.5, 0.6) is 0 Å². The topological polar surface area (TPSA) is 72.9 Å². The molecule has 138 valence electrons. The van der Waals surface area contributed by atoms with Crippen molar-refractivity contribution in [2.75, 3.05) is 6.54 Å². The molecule has 2 rings (SSSR count). The van der Waals surface area contributed by atoms with E-state index in [-0.39, 0.29) is 18.1 Å². The van der Waals surface area contributed by atoms with Crippen LogP contribution < -0.4 is 0 Å². The molecule has 2 unspecified atom stereocenters. The summed E-state index contributed by atoms with van der Waals surface area (Å²) in [6.07, 6.45) is 1.87. The second-order valence-corrected chi connectivity index (χ2v) is 8.49. The summed E-state index contributed by atoms with van der Waals surface area (Å²) < 4.78 is 69.1. The third-order valence-electron chi connectivity index (χ3n) is 3.75. The van der Waals surface area contributed by atoms with Crippen LogP contribution in [0.4, 0.5) is 18.0 Å². The van der Waals surface area contributed by atoms with Gasteiger partial charge in [0.25, 0.3) is 0 Å². The molecule has 0 aromatic rings. The van der Waals surface area contributed by atoms with Crippen molar-refractivity contribution in [1.29, 1.82) is 0 Å². The predicted molar refractivity (Wildman–Crippen MR) is 78.2 cm³/mol. The van der Waals surface area contributed by atoms with Crippen molar-refractivity contribution < 1.29 is 35.3 Å². The second-order valence-electron chi connectivity index (χ2n) is 6.95. The maximum absolute atomic E-state index is 12.4. The van der Waals surface area contributed by atoms with Gasteiger partial charge in [-0.1, -0.05) is 0 Å². The molecule has 1 aliphatic heterocycles. The zero-order chi connectivity index (χ0) is 18.3. The number of carbonyl (C=O) groups excluding carboxylic acids is 1. The summed E-state index contributed by atoms with van der Waals surface area (Å²) in [6, 6.07) is -0.536. The highest BCUT2D eigenvalue weighted by Crippen LogP contribution is 2.37. The van der Waals surface area contributed by atoms with Gasteiger partial charge in [-0.2, -0.15) is 21.6 Å². The van der Waals surface area contributed by atoms with E-state index in [9.17, 15) is 26.4 Å². The number of piperidine rings is 1. The lowest BCUT2D eigenvalue weighted by molar-refractivity contribution is -0.0529. The van der Waals surface area contributed by atoms with Crippen molar-refractivity contribution in [3.8, 4) is 0 Å². The average molecular weight is 371 g/mol. The SMILES string of the molecule is CC(C)(C)OC(=O)N1CCC2CC(OS(=O)(=O)C(F)(F)F)=CC1C2. The van der Waals surface area contributed by atoms with Crippen LogP contribution in [0.15, 0.2) is 11.8 Å². The standard InChI is InChI=1S/C14H20F3NO5S/c1-13(2,3)22-12(19)18-5-4-9-6-10(18)8-11(7-9)23-24(20,21)14(15,16)17/h8-10H,4-7H2,1-3H3. The van der Waals surface area contributed by atoms with Crippen LogP contribution in [0.2, 0.25) is 0 Å². The molecule has 2 aliphatic rings. The Hall–Kier alpha value is -1.45. The van der Waals surface area contributed by atoms with E-state index in [0.29, 0.717) is 19.4 Å². The largest absolute Gasteiger partial charge is 0.534 e. The first-order valence-electron chi connectivity index (χ1n) is 7.49. The summed E-state index contributed by atoms with van der Waals surface area (Å²) in [5.41, 5.74) is -6.18. The Morgan fingerprint density at radius 2 is 1.92 bits per heavy atom. The molecule has 1 saturated heterocycles. The first-order chi connectivity index (χ1) is 10.8. The van der Waals surface area contributed by atoms with Crippen molar-refractivity contribution in [3.05, 3.63) is 11.8 Å². The van der Waals surface area contributed by atoms with Gasteiger partial charge in [-0.05, 0) is 45.6 Å². The number of hydrogen-bond donors (Lipinski definition) is 0. The third kappa shape index (κ3) is 4.34. The minimum atomic E-state index is -5.70. The zero-order valence-corrected chi connectivity index (χ0v) is 14.4. The molecule has 0 spiro atoms. The monoisotopic (exact) mass is 371 g/mol. The molecular weight excluding hydrogens is 351 g/mol. The van der Waals surface area contributed by atoms with E-state index in [4.69, 9.17) is 4.74 Å². The molecule has 10 heteroatoms. The molecule has 24 heavy (non-hydrogen) atoms. The molecule has 0 aromatic carbocycles. The van der Waals surface area contributed by atoms with Gasteiger partial charge in [0.05, 0.1) is 6.04 Å². The molecule has 0 aromatic heterocycles. The van der Waals surface area contributed by atoms with E-state index in [1.807, 2.05) is 0 Å². The maximum atomic E-state index is 12.4. The smallest absolute Gasteiger partial charge is 0.444 e. The van der Waals surface area contributed by atoms with Crippen molar-refractivity contribution in [2.45, 2.75) is 57.2 Å². The number of hydrogen-bond acceptors (Lipinski definition) is 5. The van der Waals surface area contributed by atoms with Crippen molar-refractivity contribution >= 4 is 16.2 Å². The molecule has 2 bridgehead atoms. The molecule has 1 fully saturated rings. The zero-order valence-electron chi connectivity index (χ0n) is 13.6. The highest BCUT2D eigenvalue weighted by molar-refractivity contribution is 7.87. The molecule has 1 heterocycles. The lowest BCUT2D eigenvalue weighted by atomic mass is 9.83. The van der Waals surface area contributed by atoms with E-state index >= 15 is 0 Å². The Labute approximate surface area is 138 Å². The predicted octanol–water partition coefficient (Wildman–Crippen LogP) is 3.16. The van der Waals surface area contributed by atoms with E-state index in [0.717, 1.165) is 0 Å². The first-order valence-corrected chi connectivity index (χ1v) is 8.90. The molecule has 0 radical (unpaired) electrons. The summed E-state index contributed by atoms with van der Waals surface area (Å²) in [7, 11) is -5.70. The summed E-state index contributed by atoms with van der Waals surface area (Å²) in [5.74, 6) is -0.307. The Balaban J connectivity index is 2.17. The minimum absolute atomic E-state index is 0.0304. The number of carbonyl (C=O) groups is 1. The fraction of sp³-hybridized carbons (Fsp3) is 0.786. The van der Waals surface area contributed by atoms with Gasteiger partial charge in [0.2, 0.25) is 0 Å². The van der Waals surface area contributed by atoms with E-state index < -0.39 is 33.4 Å². The van der Waals surface area contributed by atoms with Gasteiger partial charge in [-0.3, -0.25) is 0 Å². The minimum Gasteiger partial charge on any atom is -0.444 e. The van der Waals surface area contributed by atoms with Crippen LogP contribution in [0.3, 0.4) is 0 Å². The Bertz CT molecular complexity index is 636. The van der Waals surface area contributed by atoms with Crippen molar-refractivity contribution in [2.24, 2.45) is 5.92 Å². The normalized spacial score (nSPS) is 25.1. The summed E-state index contributed by atoms with van der Waals surface area (Å²) in [4.78, 5) is 13.6. The Kier molecular flexibility index (Phi) is 4.82. The number of allylic oxidation sites excluding steroid dienone is 1. The Morgan fingerprint density at radius 1 is 1.29 bits per heavy atom. The number of alkyl halides is 3. The van der Waals surface area contributed by atoms with Gasteiger partial charge in [-0.25, -0.2) is 4.79 Å². The number of fused-ring (bicyclic) bond motifs is 2. The number of likely N-dealkylation sites (tertiary alicyclic amines) is 1. The van der Waals surface area contributed by atoms with Crippen molar-refractivity contribution in [3.63, 3.8) is 0 Å². The van der Waals surface area contributed by atoms with Gasteiger partial charge in [0, 0.05) is 13.0 Å². The average Bonchev–Trinajstić information content (AvgIpc) is 2.34. The molecule has 2 atom stereocenters. The fourth-order valence-electron chi connectivity index (χ4n) is 2.78. The van der Waals surface area contributed by atoms with Crippen molar-refractivity contribution in [1.82, 2.24) is 4.90 Å². The maximum Gasteiger partial charge on any atom is 0.534 e. The van der Waals surface area contributed by atoms with Crippen LogP contribution in [-0.2, 0) is 19.0 Å². The van der Waals surface area contributed by atoms with E-state index in [1.54, 1.807) is 20.8 Å². The lowest BCUT2D eigenvalue weighted by Gasteiger charge is -2.41. The molecule has 1 amide bonds. The number of amides is 1. The number of halogens is 3. The highest BCUT2D eigenvalue weighted by atomic mass is 32.2. The van der Waals surface area contributed by atoms with Crippen LogP contribution in [0, 0.1) is 5.92 Å².